The summed E-state index contributed by atoms with van der Waals surface area (Å²) in [5.74, 6) is -2.52. The molecule has 0 aliphatic rings. The highest BCUT2D eigenvalue weighted by Crippen LogP contribution is 2.17. The van der Waals surface area contributed by atoms with E-state index in [4.69, 9.17) is 9.47 Å². The Bertz CT molecular complexity index is 1050. The highest BCUT2D eigenvalue weighted by atomic mass is 32.2. The number of carbonyl (C=O) groups is 4. The first-order chi connectivity index (χ1) is 24.6. The number of hydrogen-bond acceptors (Lipinski definition) is 9. The Morgan fingerprint density at radius 3 is 1.65 bits per heavy atom. The van der Waals surface area contributed by atoms with Crippen LogP contribution in [0.25, 0.3) is 0 Å². The predicted molar refractivity (Wildman–Crippen MR) is 205 cm³/mol. The lowest BCUT2D eigenvalue weighted by Crippen LogP contribution is -2.49. The van der Waals surface area contributed by atoms with E-state index in [9.17, 15) is 37.3 Å². The standard InChI is InChI=1S/C20H38O7S.C19H38N2O3/c1-5-9-11-16(7-3)14-26-19(21)13-18(28(23,24)25)20(22)27-15-17(8-4)12-10-6-2;1-4-5-6-7-8-9-10-11-12-14-18(22)20-15-13-16-21(2,3)17-19(23)24/h16-18H,5-15H2,1-4H3,(H,23,24,25);4-17H2,1-3H3,(H-,20,22,23,24). The van der Waals surface area contributed by atoms with Crippen LogP contribution in [0.1, 0.15) is 163 Å². The van der Waals surface area contributed by atoms with Crippen LogP contribution in [-0.4, -0.2) is 93.5 Å². The molecule has 1 amide bonds. The van der Waals surface area contributed by atoms with Crippen molar-refractivity contribution in [3.05, 3.63) is 0 Å². The Balaban J connectivity index is 0. The fraction of sp³-hybridized carbons (Fsp3) is 0.897. The molecule has 0 heterocycles. The van der Waals surface area contributed by atoms with Crippen LogP contribution in [0.4, 0.5) is 0 Å². The second-order valence-electron chi connectivity index (χ2n) is 14.8. The summed E-state index contributed by atoms with van der Waals surface area (Å²) in [5, 5.41) is 11.6. The number of carbonyl (C=O) groups excluding carboxylic acids is 4. The molecule has 0 saturated carbocycles. The average molecular weight is 765 g/mol. The average Bonchev–Trinajstić information content (AvgIpc) is 3.07. The van der Waals surface area contributed by atoms with E-state index in [-0.39, 0.29) is 37.5 Å². The van der Waals surface area contributed by atoms with Crippen molar-refractivity contribution < 1.29 is 51.2 Å². The van der Waals surface area contributed by atoms with E-state index in [1.807, 2.05) is 27.9 Å². The topological polar surface area (TPSA) is 176 Å². The number of esters is 2. The summed E-state index contributed by atoms with van der Waals surface area (Å²) in [6, 6.07) is 0. The van der Waals surface area contributed by atoms with E-state index in [2.05, 4.69) is 26.1 Å². The molecule has 0 aromatic heterocycles. The molecule has 0 fully saturated rings. The number of likely N-dealkylation sites (N-methyl/N-ethyl adjacent to an activating group) is 1. The second kappa shape index (κ2) is 32.2. The van der Waals surface area contributed by atoms with Crippen LogP contribution in [0.3, 0.4) is 0 Å². The first-order valence-corrected chi connectivity index (χ1v) is 21.6. The van der Waals surface area contributed by atoms with Crippen LogP contribution in [0.15, 0.2) is 0 Å². The lowest BCUT2D eigenvalue weighted by atomic mass is 10.0. The van der Waals surface area contributed by atoms with Crippen LogP contribution >= 0.6 is 0 Å². The van der Waals surface area contributed by atoms with Crippen LogP contribution in [0.5, 0.6) is 0 Å². The summed E-state index contributed by atoms with van der Waals surface area (Å²) in [7, 11) is -1.04. The summed E-state index contributed by atoms with van der Waals surface area (Å²) in [4.78, 5) is 46.6. The normalized spacial score (nSPS) is 13.3. The number of nitrogens with one attached hydrogen (secondary N) is 1. The monoisotopic (exact) mass is 765 g/mol. The van der Waals surface area contributed by atoms with Crippen LogP contribution in [0, 0.1) is 11.8 Å². The number of carboxylic acids is 1. The molecular weight excluding hydrogens is 689 g/mol. The Kier molecular flexibility index (Phi) is 32.1. The largest absolute Gasteiger partial charge is 0.544 e. The Labute approximate surface area is 316 Å². The molecule has 0 aromatic rings. The molecule has 0 aromatic carbocycles. The molecule has 308 valence electrons. The van der Waals surface area contributed by atoms with Crippen LogP contribution in [-0.2, 0) is 38.8 Å². The molecule has 12 nitrogen and oxygen atoms in total. The van der Waals surface area contributed by atoms with E-state index in [1.54, 1.807) is 0 Å². The smallest absolute Gasteiger partial charge is 0.327 e. The van der Waals surface area contributed by atoms with E-state index < -0.39 is 39.7 Å². The molecule has 0 radical (unpaired) electrons. The number of aliphatic carboxylic acids is 1. The predicted octanol–water partition coefficient (Wildman–Crippen LogP) is 6.39. The molecule has 3 atom stereocenters. The third-order valence-electron chi connectivity index (χ3n) is 9.33. The minimum absolute atomic E-state index is 0.00634. The van der Waals surface area contributed by atoms with Gasteiger partial charge in [0.05, 0.1) is 46.2 Å². The van der Waals surface area contributed by atoms with Gasteiger partial charge in [0, 0.05) is 19.4 Å². The van der Waals surface area contributed by atoms with E-state index in [1.165, 1.54) is 44.9 Å². The Morgan fingerprint density at radius 2 is 1.19 bits per heavy atom. The molecule has 13 heteroatoms. The molecule has 0 saturated heterocycles. The molecule has 0 bridgehead atoms. The number of rotatable bonds is 32. The first kappa shape index (κ1) is 51.9. The van der Waals surface area contributed by atoms with Gasteiger partial charge in [0.1, 0.15) is 6.54 Å². The zero-order chi connectivity index (χ0) is 39.8. The Hall–Kier alpha value is -2.25. The lowest BCUT2D eigenvalue weighted by Gasteiger charge is -2.30. The van der Waals surface area contributed by atoms with Gasteiger partial charge in [-0.25, -0.2) is 0 Å². The quantitative estimate of drug-likeness (QED) is 0.0338. The number of unbranched alkanes of at least 4 members (excludes halogenated alkanes) is 10. The lowest BCUT2D eigenvalue weighted by molar-refractivity contribution is -0.884. The summed E-state index contributed by atoms with van der Waals surface area (Å²) >= 11 is 0. The van der Waals surface area contributed by atoms with E-state index in [0.717, 1.165) is 70.6 Å². The van der Waals surface area contributed by atoms with Gasteiger partial charge in [0.15, 0.2) is 5.25 Å². The minimum atomic E-state index is -4.76. The maximum Gasteiger partial charge on any atom is 0.327 e. The van der Waals surface area contributed by atoms with Crippen molar-refractivity contribution in [1.29, 1.82) is 0 Å². The number of hydrogen-bond donors (Lipinski definition) is 2. The van der Waals surface area contributed by atoms with Crippen molar-refractivity contribution in [1.82, 2.24) is 5.32 Å². The van der Waals surface area contributed by atoms with Crippen molar-refractivity contribution in [3.8, 4) is 0 Å². The number of amides is 1. The molecule has 52 heavy (non-hydrogen) atoms. The summed E-state index contributed by atoms with van der Waals surface area (Å²) < 4.78 is 43.1. The molecule has 0 aliphatic heterocycles. The van der Waals surface area contributed by atoms with Crippen molar-refractivity contribution >= 4 is 33.9 Å². The van der Waals surface area contributed by atoms with Crippen molar-refractivity contribution in [2.45, 2.75) is 168 Å². The molecule has 3 unspecified atom stereocenters. The number of nitrogens with zero attached hydrogens (tertiary/aromatic N) is 1. The zero-order valence-electron chi connectivity index (χ0n) is 33.9. The highest BCUT2D eigenvalue weighted by Gasteiger charge is 2.36. The van der Waals surface area contributed by atoms with E-state index >= 15 is 0 Å². The summed E-state index contributed by atoms with van der Waals surface area (Å²) in [6.07, 6.45) is 19.4. The van der Waals surface area contributed by atoms with Gasteiger partial charge >= 0.3 is 11.9 Å². The fourth-order valence-corrected chi connectivity index (χ4v) is 6.33. The number of ether oxygens (including phenoxy) is 2. The van der Waals surface area contributed by atoms with Gasteiger partial charge in [-0.2, -0.15) is 8.42 Å². The van der Waals surface area contributed by atoms with Crippen molar-refractivity contribution in [2.24, 2.45) is 11.8 Å². The Morgan fingerprint density at radius 1 is 0.712 bits per heavy atom. The van der Waals surface area contributed by atoms with Gasteiger partial charge in [-0.1, -0.05) is 125 Å². The van der Waals surface area contributed by atoms with Gasteiger partial charge in [-0.15, -0.1) is 0 Å². The molecule has 0 aliphatic carbocycles. The SMILES string of the molecule is CCCCC(CC)COC(=O)CC(C(=O)OCC(CC)CCCC)S(=O)(=O)O.CCCCCCCCCCCC(=O)NCCC[N+](C)(C)CC(=O)[O-]. The third-order valence-corrected chi connectivity index (χ3v) is 10.4. The summed E-state index contributed by atoms with van der Waals surface area (Å²) in [6.45, 7) is 11.9. The molecule has 0 spiro atoms. The highest BCUT2D eigenvalue weighted by molar-refractivity contribution is 7.87. The van der Waals surface area contributed by atoms with Gasteiger partial charge in [0.2, 0.25) is 5.91 Å². The van der Waals surface area contributed by atoms with Gasteiger partial charge in [-0.3, -0.25) is 18.9 Å². The number of carboxylic acid groups (broad SMARTS) is 1. The second-order valence-corrected chi connectivity index (χ2v) is 16.4. The molecule has 2 N–H and O–H groups in total. The van der Waals surface area contributed by atoms with Crippen molar-refractivity contribution in [2.75, 3.05) is 46.9 Å². The molecular formula is C39H76N2O10S. The van der Waals surface area contributed by atoms with Crippen LogP contribution in [0.2, 0.25) is 0 Å². The maximum absolute atomic E-state index is 12.2. The van der Waals surface area contributed by atoms with Gasteiger partial charge in [0.25, 0.3) is 10.1 Å². The summed E-state index contributed by atoms with van der Waals surface area (Å²) in [5.41, 5.74) is 0. The van der Waals surface area contributed by atoms with Crippen molar-refractivity contribution in [3.63, 3.8) is 0 Å². The van der Waals surface area contributed by atoms with Gasteiger partial charge in [-0.05, 0) is 31.1 Å². The number of quaternary nitrogens is 1. The first-order valence-electron chi connectivity index (χ1n) is 20.1. The van der Waals surface area contributed by atoms with Gasteiger partial charge < -0.3 is 29.2 Å². The maximum atomic E-state index is 12.2. The zero-order valence-corrected chi connectivity index (χ0v) is 34.7. The molecule has 0 rings (SSSR count). The van der Waals surface area contributed by atoms with E-state index in [0.29, 0.717) is 24.0 Å². The minimum Gasteiger partial charge on any atom is -0.544 e. The third kappa shape index (κ3) is 31.3. The fourth-order valence-electron chi connectivity index (χ4n) is 5.67. The van der Waals surface area contributed by atoms with Crippen LogP contribution < -0.4 is 10.4 Å².